The highest BCUT2D eigenvalue weighted by Crippen LogP contribution is 2.39. The molecule has 1 nitrogen and oxygen atoms in total. The molecular weight excluding hydrogens is 184 g/mol. The summed E-state index contributed by atoms with van der Waals surface area (Å²) in [5, 5.41) is 0. The van der Waals surface area contributed by atoms with Crippen LogP contribution in [0.4, 0.5) is 0 Å². The summed E-state index contributed by atoms with van der Waals surface area (Å²) in [5.41, 5.74) is 4.67. The van der Waals surface area contributed by atoms with E-state index in [1.54, 1.807) is 12.7 Å². The lowest BCUT2D eigenvalue weighted by Gasteiger charge is -2.25. The van der Waals surface area contributed by atoms with E-state index in [1.807, 2.05) is 0 Å². The summed E-state index contributed by atoms with van der Waals surface area (Å²) in [7, 11) is 1.77. The Morgan fingerprint density at radius 3 is 2.47 bits per heavy atom. The van der Waals surface area contributed by atoms with E-state index in [0.717, 1.165) is 5.75 Å². The van der Waals surface area contributed by atoms with E-state index >= 15 is 0 Å². The molecule has 2 rings (SSSR count). The predicted octanol–water partition coefficient (Wildman–Crippen LogP) is 3.48. The summed E-state index contributed by atoms with van der Waals surface area (Å²) in [5.74, 6) is 1.06. The van der Waals surface area contributed by atoms with Crippen molar-refractivity contribution in [2.75, 3.05) is 7.11 Å². The first kappa shape index (κ1) is 10.5. The fraction of sp³-hybridized carbons (Fsp3) is 0.571. The van der Waals surface area contributed by atoms with E-state index in [2.05, 4.69) is 32.9 Å². The zero-order valence-corrected chi connectivity index (χ0v) is 10.2. The molecule has 1 aliphatic carbocycles. The predicted molar refractivity (Wildman–Crippen MR) is 63.7 cm³/mol. The molecule has 0 aliphatic heterocycles. The quantitative estimate of drug-likeness (QED) is 0.680. The standard InChI is InChI=1S/C14H20O/c1-14(2,3)13-11-7-5-6-10(11)8-9-12(13)15-4/h8-9H,5-7H2,1-4H3. The van der Waals surface area contributed by atoms with Crippen LogP contribution in [0.25, 0.3) is 0 Å². The Hall–Kier alpha value is -0.980. The van der Waals surface area contributed by atoms with Crippen LogP contribution in [-0.2, 0) is 18.3 Å². The van der Waals surface area contributed by atoms with E-state index in [9.17, 15) is 0 Å². The molecule has 0 aromatic heterocycles. The summed E-state index contributed by atoms with van der Waals surface area (Å²) in [4.78, 5) is 0. The maximum absolute atomic E-state index is 5.50. The van der Waals surface area contributed by atoms with Crippen molar-refractivity contribution in [2.24, 2.45) is 0 Å². The third-order valence-corrected chi connectivity index (χ3v) is 3.21. The van der Waals surface area contributed by atoms with Gasteiger partial charge in [-0.15, -0.1) is 0 Å². The van der Waals surface area contributed by atoms with Gasteiger partial charge in [-0.1, -0.05) is 26.8 Å². The van der Waals surface area contributed by atoms with Gasteiger partial charge >= 0.3 is 0 Å². The Bertz CT molecular complexity index is 372. The molecule has 0 spiro atoms. The van der Waals surface area contributed by atoms with Crippen molar-refractivity contribution in [3.05, 3.63) is 28.8 Å². The molecule has 1 heteroatoms. The molecule has 1 aliphatic rings. The number of rotatable bonds is 1. The van der Waals surface area contributed by atoms with E-state index in [1.165, 1.54) is 30.4 Å². The molecule has 0 fully saturated rings. The van der Waals surface area contributed by atoms with Gasteiger partial charge in [0.2, 0.25) is 0 Å². The molecule has 15 heavy (non-hydrogen) atoms. The van der Waals surface area contributed by atoms with E-state index < -0.39 is 0 Å². The minimum atomic E-state index is 0.182. The molecule has 0 heterocycles. The van der Waals surface area contributed by atoms with Crippen LogP contribution in [0.1, 0.15) is 43.9 Å². The van der Waals surface area contributed by atoms with Crippen molar-refractivity contribution in [3.63, 3.8) is 0 Å². The number of fused-ring (bicyclic) bond motifs is 1. The normalized spacial score (nSPS) is 15.2. The molecule has 0 atom stereocenters. The van der Waals surface area contributed by atoms with Crippen LogP contribution >= 0.6 is 0 Å². The number of ether oxygens (including phenoxy) is 1. The topological polar surface area (TPSA) is 9.23 Å². The summed E-state index contributed by atoms with van der Waals surface area (Å²) >= 11 is 0. The maximum atomic E-state index is 5.50. The van der Waals surface area contributed by atoms with Crippen molar-refractivity contribution in [1.82, 2.24) is 0 Å². The van der Waals surface area contributed by atoms with E-state index in [4.69, 9.17) is 4.74 Å². The van der Waals surface area contributed by atoms with E-state index in [0.29, 0.717) is 0 Å². The summed E-state index contributed by atoms with van der Waals surface area (Å²) in [6, 6.07) is 4.36. The van der Waals surface area contributed by atoms with Crippen LogP contribution < -0.4 is 4.74 Å². The van der Waals surface area contributed by atoms with Gasteiger partial charge in [0, 0.05) is 5.56 Å². The Morgan fingerprint density at radius 2 is 1.87 bits per heavy atom. The summed E-state index contributed by atoms with van der Waals surface area (Å²) < 4.78 is 5.50. The molecule has 0 N–H and O–H groups in total. The smallest absolute Gasteiger partial charge is 0.122 e. The van der Waals surface area contributed by atoms with Crippen LogP contribution in [0.3, 0.4) is 0 Å². The lowest BCUT2D eigenvalue weighted by atomic mass is 9.82. The highest BCUT2D eigenvalue weighted by atomic mass is 16.5. The summed E-state index contributed by atoms with van der Waals surface area (Å²) in [6.45, 7) is 6.80. The van der Waals surface area contributed by atoms with E-state index in [-0.39, 0.29) is 5.41 Å². The Morgan fingerprint density at radius 1 is 1.13 bits per heavy atom. The van der Waals surface area contributed by atoms with Crippen molar-refractivity contribution < 1.29 is 4.74 Å². The second kappa shape index (κ2) is 3.55. The maximum Gasteiger partial charge on any atom is 0.122 e. The lowest BCUT2D eigenvalue weighted by Crippen LogP contribution is -2.16. The van der Waals surface area contributed by atoms with Gasteiger partial charge in [0.05, 0.1) is 7.11 Å². The third-order valence-electron chi connectivity index (χ3n) is 3.21. The van der Waals surface area contributed by atoms with Crippen LogP contribution in [0.5, 0.6) is 5.75 Å². The van der Waals surface area contributed by atoms with Crippen LogP contribution in [0, 0.1) is 0 Å². The van der Waals surface area contributed by atoms with Crippen LogP contribution in [-0.4, -0.2) is 7.11 Å². The Balaban J connectivity index is 2.63. The zero-order valence-electron chi connectivity index (χ0n) is 10.2. The van der Waals surface area contributed by atoms with Gasteiger partial charge in [-0.25, -0.2) is 0 Å². The van der Waals surface area contributed by atoms with Gasteiger partial charge in [-0.2, -0.15) is 0 Å². The van der Waals surface area contributed by atoms with Crippen molar-refractivity contribution in [2.45, 2.75) is 45.4 Å². The second-order valence-electron chi connectivity index (χ2n) is 5.38. The molecule has 1 aromatic rings. The minimum Gasteiger partial charge on any atom is -0.496 e. The Kier molecular flexibility index (Phi) is 2.49. The molecule has 0 bridgehead atoms. The van der Waals surface area contributed by atoms with Gasteiger partial charge in [0.1, 0.15) is 5.75 Å². The number of benzene rings is 1. The second-order valence-corrected chi connectivity index (χ2v) is 5.38. The fourth-order valence-electron chi connectivity index (χ4n) is 2.64. The highest BCUT2D eigenvalue weighted by Gasteiger charge is 2.26. The molecule has 0 unspecified atom stereocenters. The van der Waals surface area contributed by atoms with Gasteiger partial charge in [0.25, 0.3) is 0 Å². The van der Waals surface area contributed by atoms with Crippen molar-refractivity contribution >= 4 is 0 Å². The zero-order chi connectivity index (χ0) is 11.1. The number of hydrogen-bond acceptors (Lipinski definition) is 1. The van der Waals surface area contributed by atoms with Crippen molar-refractivity contribution in [3.8, 4) is 5.75 Å². The first-order valence-electron chi connectivity index (χ1n) is 5.73. The monoisotopic (exact) mass is 204 g/mol. The number of methoxy groups -OCH3 is 1. The fourth-order valence-corrected chi connectivity index (χ4v) is 2.64. The lowest BCUT2D eigenvalue weighted by molar-refractivity contribution is 0.396. The third kappa shape index (κ3) is 1.75. The average molecular weight is 204 g/mol. The first-order chi connectivity index (χ1) is 7.04. The summed E-state index contributed by atoms with van der Waals surface area (Å²) in [6.07, 6.45) is 3.76. The molecule has 0 amide bonds. The molecule has 0 saturated heterocycles. The van der Waals surface area contributed by atoms with Gasteiger partial charge in [-0.3, -0.25) is 0 Å². The SMILES string of the molecule is COc1ccc2c(c1C(C)(C)C)CCC2. The van der Waals surface area contributed by atoms with Gasteiger partial charge in [0.15, 0.2) is 0 Å². The number of hydrogen-bond donors (Lipinski definition) is 0. The largest absolute Gasteiger partial charge is 0.496 e. The van der Waals surface area contributed by atoms with Crippen LogP contribution in [0.2, 0.25) is 0 Å². The van der Waals surface area contributed by atoms with Gasteiger partial charge in [-0.05, 0) is 41.9 Å². The average Bonchev–Trinajstić information content (AvgIpc) is 2.61. The first-order valence-corrected chi connectivity index (χ1v) is 5.73. The van der Waals surface area contributed by atoms with Crippen molar-refractivity contribution in [1.29, 1.82) is 0 Å². The highest BCUT2D eigenvalue weighted by molar-refractivity contribution is 5.50. The van der Waals surface area contributed by atoms with Gasteiger partial charge < -0.3 is 4.74 Å². The Labute approximate surface area is 92.5 Å². The number of aryl methyl sites for hydroxylation is 1. The molecular formula is C14H20O. The molecule has 0 radical (unpaired) electrons. The minimum absolute atomic E-state index is 0.182. The van der Waals surface area contributed by atoms with Crippen LogP contribution in [0.15, 0.2) is 12.1 Å². The molecule has 0 saturated carbocycles. The molecule has 1 aromatic carbocycles. The molecule has 82 valence electrons.